The number of hydrogen-bond acceptors (Lipinski definition) is 5. The smallest absolute Gasteiger partial charge is 0.331 e. The van der Waals surface area contributed by atoms with Crippen LogP contribution < -0.4 is 5.32 Å². The molecule has 9 atom stereocenters. The lowest BCUT2D eigenvalue weighted by molar-refractivity contribution is -0.177. The minimum atomic E-state index is -1.36. The molecule has 9 unspecified atom stereocenters. The molecule has 0 radical (unpaired) electrons. The van der Waals surface area contributed by atoms with Crippen LogP contribution in [0.4, 0.5) is 0 Å². The van der Waals surface area contributed by atoms with Crippen LogP contribution in [0.25, 0.3) is 0 Å². The van der Waals surface area contributed by atoms with Crippen molar-refractivity contribution >= 4 is 11.9 Å². The van der Waals surface area contributed by atoms with Crippen LogP contribution in [0, 0.1) is 23.7 Å². The topological polar surface area (TPSA) is 88.2 Å². The molecule has 6 heteroatoms. The summed E-state index contributed by atoms with van der Waals surface area (Å²) in [5, 5.41) is 14.0. The monoisotopic (exact) mass is 479 g/mol. The van der Waals surface area contributed by atoms with Gasteiger partial charge in [-0.15, -0.1) is 0 Å². The zero-order valence-corrected chi connectivity index (χ0v) is 21.3. The van der Waals surface area contributed by atoms with E-state index in [-0.39, 0.29) is 47.3 Å². The number of ether oxygens (including phenoxy) is 2. The van der Waals surface area contributed by atoms with Crippen molar-refractivity contribution in [3.8, 4) is 0 Å². The van der Waals surface area contributed by atoms with Gasteiger partial charge in [-0.2, -0.15) is 0 Å². The van der Waals surface area contributed by atoms with E-state index in [1.165, 1.54) is 12.2 Å². The van der Waals surface area contributed by atoms with Crippen molar-refractivity contribution in [2.24, 2.45) is 23.7 Å². The number of carbonyl (C=O) groups is 2. The largest absolute Gasteiger partial charge is 0.445 e. The number of rotatable bonds is 2. The first-order chi connectivity index (χ1) is 16.5. The lowest BCUT2D eigenvalue weighted by atomic mass is 9.58. The predicted octanol–water partition coefficient (Wildman–Crippen LogP) is 3.73. The van der Waals surface area contributed by atoms with Crippen molar-refractivity contribution in [3.63, 3.8) is 0 Å². The number of hydrogen-bond donors (Lipinski definition) is 2. The third-order valence-corrected chi connectivity index (χ3v) is 8.80. The molecule has 35 heavy (non-hydrogen) atoms. The molecule has 6 nitrogen and oxygen atoms in total. The molecule has 1 aromatic carbocycles. The van der Waals surface area contributed by atoms with E-state index in [0.29, 0.717) is 12.8 Å². The molecule has 3 aliphatic heterocycles. The van der Waals surface area contributed by atoms with Gasteiger partial charge in [0, 0.05) is 18.0 Å². The van der Waals surface area contributed by atoms with Crippen molar-refractivity contribution in [2.45, 2.75) is 82.8 Å². The highest BCUT2D eigenvalue weighted by Gasteiger charge is 2.78. The Bertz CT molecular complexity index is 1080. The highest BCUT2D eigenvalue weighted by Crippen LogP contribution is 2.63. The maximum Gasteiger partial charge on any atom is 0.331 e. The van der Waals surface area contributed by atoms with Gasteiger partial charge in [0.1, 0.15) is 0 Å². The number of esters is 1. The number of fused-ring (bicyclic) bond motifs is 2. The van der Waals surface area contributed by atoms with E-state index in [9.17, 15) is 14.7 Å². The van der Waals surface area contributed by atoms with Crippen molar-refractivity contribution in [2.75, 3.05) is 0 Å². The van der Waals surface area contributed by atoms with Gasteiger partial charge >= 0.3 is 5.97 Å². The molecule has 2 N–H and O–H groups in total. The maximum atomic E-state index is 13.9. The third-order valence-electron chi connectivity index (χ3n) is 8.80. The van der Waals surface area contributed by atoms with Crippen molar-refractivity contribution in [3.05, 3.63) is 59.7 Å². The molecular weight excluding hydrogens is 442 g/mol. The molecule has 5 rings (SSSR count). The Morgan fingerprint density at radius 3 is 2.57 bits per heavy atom. The number of benzene rings is 1. The number of epoxide rings is 1. The van der Waals surface area contributed by atoms with E-state index in [2.05, 4.69) is 51.2 Å². The Morgan fingerprint density at radius 2 is 1.86 bits per heavy atom. The average Bonchev–Trinajstić information content (AvgIpc) is 3.40. The quantitative estimate of drug-likeness (QED) is 0.383. The summed E-state index contributed by atoms with van der Waals surface area (Å²) < 4.78 is 12.5. The average molecular weight is 480 g/mol. The summed E-state index contributed by atoms with van der Waals surface area (Å²) in [6.07, 6.45) is 6.67. The lowest BCUT2D eigenvalue weighted by Crippen LogP contribution is -2.61. The van der Waals surface area contributed by atoms with Crippen LogP contribution in [0.1, 0.15) is 53.0 Å². The Hall–Kier alpha value is -2.44. The summed E-state index contributed by atoms with van der Waals surface area (Å²) in [4.78, 5) is 27.1. The van der Waals surface area contributed by atoms with E-state index in [1.807, 2.05) is 18.2 Å². The third kappa shape index (κ3) is 4.05. The van der Waals surface area contributed by atoms with Crippen molar-refractivity contribution in [1.29, 1.82) is 0 Å². The number of aliphatic hydroxyl groups is 1. The van der Waals surface area contributed by atoms with Crippen molar-refractivity contribution < 1.29 is 24.2 Å². The molecule has 3 fully saturated rings. The first kappa shape index (κ1) is 24.3. The SMILES string of the molecule is CC1=CC2C3OC3(C)C(C)C3C(Cc4ccccc4)NC(=O)C23OC(=O)C=CC(C)(O)CC(C)C1. The lowest BCUT2D eigenvalue weighted by Gasteiger charge is -2.46. The zero-order valence-electron chi connectivity index (χ0n) is 21.3. The highest BCUT2D eigenvalue weighted by molar-refractivity contribution is 5.94. The summed E-state index contributed by atoms with van der Waals surface area (Å²) in [7, 11) is 0. The molecule has 1 saturated carbocycles. The molecule has 3 heterocycles. The predicted molar refractivity (Wildman–Crippen MR) is 132 cm³/mol. The molecule has 1 aliphatic carbocycles. The minimum absolute atomic E-state index is 0.00293. The van der Waals surface area contributed by atoms with E-state index in [4.69, 9.17) is 9.47 Å². The molecule has 0 aromatic heterocycles. The van der Waals surface area contributed by atoms with Gasteiger partial charge in [0.15, 0.2) is 0 Å². The Morgan fingerprint density at radius 1 is 1.14 bits per heavy atom. The van der Waals surface area contributed by atoms with E-state index < -0.39 is 17.2 Å². The van der Waals surface area contributed by atoms with Gasteiger partial charge < -0.3 is 19.9 Å². The second-order valence-electron chi connectivity index (χ2n) is 11.8. The van der Waals surface area contributed by atoms with Crippen LogP contribution in [0.5, 0.6) is 0 Å². The fourth-order valence-corrected chi connectivity index (χ4v) is 7.19. The second kappa shape index (κ2) is 8.31. The van der Waals surface area contributed by atoms with Gasteiger partial charge in [0.05, 0.1) is 23.2 Å². The van der Waals surface area contributed by atoms with Gasteiger partial charge in [-0.3, -0.25) is 4.79 Å². The Labute approximate surface area is 207 Å². The molecule has 1 aromatic rings. The first-order valence-corrected chi connectivity index (χ1v) is 12.8. The molecule has 1 spiro atoms. The zero-order chi connectivity index (χ0) is 25.2. The first-order valence-electron chi connectivity index (χ1n) is 12.8. The summed E-state index contributed by atoms with van der Waals surface area (Å²) in [6.45, 7) is 10.1. The van der Waals surface area contributed by atoms with Crippen LogP contribution in [0.2, 0.25) is 0 Å². The molecule has 0 bridgehead atoms. The summed E-state index contributed by atoms with van der Waals surface area (Å²) in [5.74, 6) is -1.29. The summed E-state index contributed by atoms with van der Waals surface area (Å²) in [5.41, 5.74) is -0.635. The van der Waals surface area contributed by atoms with Crippen LogP contribution >= 0.6 is 0 Å². The number of allylic oxidation sites excluding steroid dienone is 1. The van der Waals surface area contributed by atoms with Gasteiger partial charge in [-0.1, -0.05) is 55.8 Å². The molecule has 188 valence electrons. The molecule has 1 amide bonds. The number of nitrogens with one attached hydrogen (secondary N) is 1. The Balaban J connectivity index is 1.62. The Kier molecular flexibility index (Phi) is 5.76. The number of amides is 1. The standard InChI is InChI=1S/C29H37NO5/c1-17-13-18(2)16-27(4,33)12-11-23(31)34-29-21(14-17)25-28(5,35-25)19(3)24(29)22(30-26(29)32)15-20-9-7-6-8-10-20/h6-12,14,18-19,21-22,24-25,33H,13,15-16H2,1-5H3,(H,30,32). The van der Waals surface area contributed by atoms with Crippen molar-refractivity contribution in [1.82, 2.24) is 5.32 Å². The minimum Gasteiger partial charge on any atom is -0.445 e. The van der Waals surface area contributed by atoms with Crippen LogP contribution in [0.3, 0.4) is 0 Å². The van der Waals surface area contributed by atoms with E-state index in [1.54, 1.807) is 6.92 Å². The molecule has 2 saturated heterocycles. The van der Waals surface area contributed by atoms with Crippen LogP contribution in [-0.4, -0.2) is 45.9 Å². The fraction of sp³-hybridized carbons (Fsp3) is 0.586. The summed E-state index contributed by atoms with van der Waals surface area (Å²) in [6, 6.07) is 9.90. The van der Waals surface area contributed by atoms with Gasteiger partial charge in [-0.05, 0) is 63.5 Å². The normalized spacial score (nSPS) is 45.0. The van der Waals surface area contributed by atoms with E-state index in [0.717, 1.165) is 17.6 Å². The fourth-order valence-electron chi connectivity index (χ4n) is 7.19. The van der Waals surface area contributed by atoms with Crippen LogP contribution in [-0.2, 0) is 25.5 Å². The van der Waals surface area contributed by atoms with Gasteiger partial charge in [0.25, 0.3) is 5.91 Å². The maximum absolute atomic E-state index is 13.9. The highest BCUT2D eigenvalue weighted by atomic mass is 16.6. The molecular formula is C29H37NO5. The summed E-state index contributed by atoms with van der Waals surface area (Å²) >= 11 is 0. The number of carbonyl (C=O) groups excluding carboxylic acids is 2. The molecule has 4 aliphatic rings. The van der Waals surface area contributed by atoms with Gasteiger partial charge in [-0.25, -0.2) is 4.79 Å². The van der Waals surface area contributed by atoms with E-state index >= 15 is 0 Å². The van der Waals surface area contributed by atoms with Crippen LogP contribution in [0.15, 0.2) is 54.1 Å². The second-order valence-corrected chi connectivity index (χ2v) is 11.8. The van der Waals surface area contributed by atoms with Gasteiger partial charge in [0.2, 0.25) is 5.60 Å².